The molecule has 0 saturated heterocycles. The molecule has 0 N–H and O–H groups in total. The number of esters is 1. The summed E-state index contributed by atoms with van der Waals surface area (Å²) in [6.07, 6.45) is 0. The predicted octanol–water partition coefficient (Wildman–Crippen LogP) is 1.00. The summed E-state index contributed by atoms with van der Waals surface area (Å²) in [5.74, 6) is -0.423. The number of rotatable bonds is 3. The van der Waals surface area contributed by atoms with Crippen molar-refractivity contribution < 1.29 is 14.3 Å². The van der Waals surface area contributed by atoms with E-state index in [0.717, 1.165) is 5.57 Å². The number of hydrogen-bond acceptors (Lipinski definition) is 3. The number of nitrogens with zero attached hydrogens (tertiary/aromatic N) is 2. The van der Waals surface area contributed by atoms with Crippen molar-refractivity contribution in [2.45, 2.75) is 13.8 Å². The lowest BCUT2D eigenvalue weighted by Crippen LogP contribution is -2.40. The summed E-state index contributed by atoms with van der Waals surface area (Å²) in [5.41, 5.74) is 1.37. The highest BCUT2D eigenvalue weighted by Crippen LogP contribution is 2.09. The van der Waals surface area contributed by atoms with Gasteiger partial charge < -0.3 is 9.64 Å². The Bertz CT molecular complexity index is 334. The van der Waals surface area contributed by atoms with Crippen LogP contribution in [0.15, 0.2) is 17.1 Å². The molecule has 0 aliphatic carbocycles. The van der Waals surface area contributed by atoms with Gasteiger partial charge in [0.05, 0.1) is 6.61 Å². The van der Waals surface area contributed by atoms with Crippen LogP contribution in [0.4, 0.5) is 4.79 Å². The number of carbonyl (C=O) groups excluding carboxylic acids is 2. The summed E-state index contributed by atoms with van der Waals surface area (Å²) in [4.78, 5) is 27.6. The Labute approximate surface area is 88.4 Å². The smallest absolute Gasteiger partial charge is 0.344 e. The topological polar surface area (TPSA) is 59.0 Å². The summed E-state index contributed by atoms with van der Waals surface area (Å²) in [6.45, 7) is 7.78. The van der Waals surface area contributed by atoms with Crippen LogP contribution in [0, 0.1) is 0 Å². The second-order valence-corrected chi connectivity index (χ2v) is 3.24. The van der Waals surface area contributed by atoms with Gasteiger partial charge in [-0.25, -0.2) is 4.79 Å². The van der Waals surface area contributed by atoms with E-state index >= 15 is 0 Å². The number of amides is 2. The minimum Gasteiger partial charge on any atom is -0.465 e. The molecule has 0 radical (unpaired) electrons. The van der Waals surface area contributed by atoms with Crippen LogP contribution in [0.3, 0.4) is 0 Å². The van der Waals surface area contributed by atoms with E-state index in [2.05, 4.69) is 11.6 Å². The Morgan fingerprint density at radius 3 is 2.93 bits per heavy atom. The first-order chi connectivity index (χ1) is 7.04. The van der Waals surface area contributed by atoms with Gasteiger partial charge in [-0.2, -0.15) is 4.99 Å². The number of ether oxygens (including phenoxy) is 1. The molecular formula is C10H14N2O3. The first-order valence-electron chi connectivity index (χ1n) is 4.72. The molecule has 2 amide bonds. The second-order valence-electron chi connectivity index (χ2n) is 3.24. The number of aliphatic imine (C=N–C) groups is 1. The molecule has 15 heavy (non-hydrogen) atoms. The number of urea groups is 1. The van der Waals surface area contributed by atoms with Crippen molar-refractivity contribution in [2.75, 3.05) is 19.7 Å². The maximum atomic E-state index is 11.4. The van der Waals surface area contributed by atoms with Gasteiger partial charge in [-0.05, 0) is 19.4 Å². The first kappa shape index (κ1) is 11.4. The van der Waals surface area contributed by atoms with E-state index < -0.39 is 12.0 Å². The van der Waals surface area contributed by atoms with Crippen LogP contribution in [-0.4, -0.2) is 42.3 Å². The van der Waals surface area contributed by atoms with Crippen LogP contribution in [0.25, 0.3) is 0 Å². The van der Waals surface area contributed by atoms with Crippen molar-refractivity contribution in [3.05, 3.63) is 12.2 Å². The Morgan fingerprint density at radius 1 is 1.67 bits per heavy atom. The molecular weight excluding hydrogens is 196 g/mol. The van der Waals surface area contributed by atoms with Gasteiger partial charge in [-0.1, -0.05) is 6.58 Å². The minimum atomic E-state index is -0.423. The van der Waals surface area contributed by atoms with Gasteiger partial charge in [0.2, 0.25) is 0 Å². The molecule has 0 aromatic rings. The highest BCUT2D eigenvalue weighted by molar-refractivity contribution is 6.07. The lowest BCUT2D eigenvalue weighted by atomic mass is 10.1. The Balaban J connectivity index is 2.62. The molecule has 0 spiro atoms. The SMILES string of the molecule is C=C1CN(CC(=O)OCC)C(=O)N=C1C. The molecule has 5 heteroatoms. The molecule has 5 nitrogen and oxygen atoms in total. The van der Waals surface area contributed by atoms with Crippen LogP contribution in [-0.2, 0) is 9.53 Å². The van der Waals surface area contributed by atoms with Crippen molar-refractivity contribution in [3.63, 3.8) is 0 Å². The van der Waals surface area contributed by atoms with E-state index in [1.807, 2.05) is 0 Å². The monoisotopic (exact) mass is 210 g/mol. The van der Waals surface area contributed by atoms with Gasteiger partial charge in [0.25, 0.3) is 0 Å². The van der Waals surface area contributed by atoms with Crippen LogP contribution in [0.2, 0.25) is 0 Å². The zero-order valence-electron chi connectivity index (χ0n) is 8.95. The summed E-state index contributed by atoms with van der Waals surface area (Å²) in [5, 5.41) is 0. The zero-order valence-corrected chi connectivity index (χ0v) is 8.95. The maximum Gasteiger partial charge on any atom is 0.344 e. The summed E-state index contributed by atoms with van der Waals surface area (Å²) >= 11 is 0. The third kappa shape index (κ3) is 2.90. The van der Waals surface area contributed by atoms with Crippen molar-refractivity contribution in [1.29, 1.82) is 0 Å². The van der Waals surface area contributed by atoms with E-state index in [-0.39, 0.29) is 6.54 Å². The lowest BCUT2D eigenvalue weighted by Gasteiger charge is -2.24. The Morgan fingerprint density at radius 2 is 2.33 bits per heavy atom. The minimum absolute atomic E-state index is 0.0670. The normalized spacial score (nSPS) is 16.4. The van der Waals surface area contributed by atoms with Crippen LogP contribution in [0.5, 0.6) is 0 Å². The van der Waals surface area contributed by atoms with Crippen molar-refractivity contribution in [3.8, 4) is 0 Å². The van der Waals surface area contributed by atoms with E-state index in [1.165, 1.54) is 4.90 Å². The van der Waals surface area contributed by atoms with Gasteiger partial charge >= 0.3 is 12.0 Å². The molecule has 0 aromatic carbocycles. The molecule has 1 heterocycles. The van der Waals surface area contributed by atoms with E-state index in [9.17, 15) is 9.59 Å². The van der Waals surface area contributed by atoms with Crippen molar-refractivity contribution in [1.82, 2.24) is 4.90 Å². The standard InChI is InChI=1S/C10H14N2O3/c1-4-15-9(13)6-12-5-7(2)8(3)11-10(12)14/h2,4-6H2,1,3H3. The fraction of sp³-hybridized carbons (Fsp3) is 0.500. The molecule has 1 aliphatic heterocycles. The highest BCUT2D eigenvalue weighted by atomic mass is 16.5. The molecule has 1 rings (SSSR count). The van der Waals surface area contributed by atoms with Gasteiger partial charge in [0, 0.05) is 12.3 Å². The molecule has 0 aromatic heterocycles. The number of carbonyl (C=O) groups is 2. The zero-order chi connectivity index (χ0) is 11.4. The highest BCUT2D eigenvalue weighted by Gasteiger charge is 2.23. The third-order valence-electron chi connectivity index (χ3n) is 2.05. The molecule has 1 aliphatic rings. The van der Waals surface area contributed by atoms with Crippen LogP contribution in [0.1, 0.15) is 13.8 Å². The number of hydrogen-bond donors (Lipinski definition) is 0. The van der Waals surface area contributed by atoms with Gasteiger partial charge in [-0.3, -0.25) is 4.79 Å². The van der Waals surface area contributed by atoms with E-state index in [1.54, 1.807) is 13.8 Å². The summed E-state index contributed by atoms with van der Waals surface area (Å²) in [6, 6.07) is -0.409. The van der Waals surface area contributed by atoms with Gasteiger partial charge in [-0.15, -0.1) is 0 Å². The van der Waals surface area contributed by atoms with Crippen LogP contribution >= 0.6 is 0 Å². The lowest BCUT2D eigenvalue weighted by molar-refractivity contribution is -0.143. The van der Waals surface area contributed by atoms with Gasteiger partial charge in [0.1, 0.15) is 6.54 Å². The predicted molar refractivity (Wildman–Crippen MR) is 55.9 cm³/mol. The summed E-state index contributed by atoms with van der Waals surface area (Å²) in [7, 11) is 0. The molecule has 0 fully saturated rings. The fourth-order valence-corrected chi connectivity index (χ4v) is 1.19. The van der Waals surface area contributed by atoms with Gasteiger partial charge in [0.15, 0.2) is 0 Å². The largest absolute Gasteiger partial charge is 0.465 e. The average Bonchev–Trinajstić information content (AvgIpc) is 2.14. The van der Waals surface area contributed by atoms with E-state index in [0.29, 0.717) is 18.9 Å². The molecule has 0 atom stereocenters. The molecule has 0 unspecified atom stereocenters. The quantitative estimate of drug-likeness (QED) is 0.653. The first-order valence-corrected chi connectivity index (χ1v) is 4.72. The third-order valence-corrected chi connectivity index (χ3v) is 2.05. The van der Waals surface area contributed by atoms with Crippen molar-refractivity contribution in [2.24, 2.45) is 4.99 Å². The van der Waals surface area contributed by atoms with Crippen LogP contribution < -0.4 is 0 Å². The maximum absolute atomic E-state index is 11.4. The Hall–Kier alpha value is -1.65. The summed E-state index contributed by atoms with van der Waals surface area (Å²) < 4.78 is 4.74. The molecule has 82 valence electrons. The molecule has 0 saturated carbocycles. The molecule has 0 bridgehead atoms. The second kappa shape index (κ2) is 4.72. The van der Waals surface area contributed by atoms with Crippen molar-refractivity contribution >= 4 is 17.7 Å². The Kier molecular flexibility index (Phi) is 3.60. The average molecular weight is 210 g/mol. The van der Waals surface area contributed by atoms with E-state index in [4.69, 9.17) is 4.74 Å². The fourth-order valence-electron chi connectivity index (χ4n) is 1.19.